The number of hydrogen-bond acceptors (Lipinski definition) is 5. The van der Waals surface area contributed by atoms with Gasteiger partial charge in [-0.2, -0.15) is 4.98 Å². The number of carbonyl (C=O) groups is 2. The molecule has 0 radical (unpaired) electrons. The number of aliphatic carboxylic acids is 1. The molecule has 8 nitrogen and oxygen atoms in total. The third-order valence-corrected chi connectivity index (χ3v) is 3.18. The van der Waals surface area contributed by atoms with Gasteiger partial charge in [0.2, 0.25) is 5.89 Å². The first-order valence-corrected chi connectivity index (χ1v) is 6.05. The smallest absolute Gasteiger partial charge is 0.326 e. The zero-order valence-corrected chi connectivity index (χ0v) is 10.8. The highest BCUT2D eigenvalue weighted by Gasteiger charge is 2.39. The molecule has 0 aromatic carbocycles. The lowest BCUT2D eigenvalue weighted by molar-refractivity contribution is -0.142. The maximum Gasteiger partial charge on any atom is 0.326 e. The van der Waals surface area contributed by atoms with Gasteiger partial charge in [-0.05, 0) is 12.3 Å². The maximum atomic E-state index is 12.0. The van der Waals surface area contributed by atoms with Gasteiger partial charge in [0.25, 0.3) is 0 Å². The van der Waals surface area contributed by atoms with E-state index in [1.54, 1.807) is 6.92 Å². The average molecular weight is 268 g/mol. The summed E-state index contributed by atoms with van der Waals surface area (Å²) in [6.45, 7) is 4.04. The van der Waals surface area contributed by atoms with Gasteiger partial charge in [0, 0.05) is 13.5 Å². The van der Waals surface area contributed by atoms with E-state index in [0.29, 0.717) is 24.7 Å². The second-order valence-corrected chi connectivity index (χ2v) is 4.63. The Balaban J connectivity index is 1.94. The van der Waals surface area contributed by atoms with Crippen LogP contribution in [0.1, 0.15) is 25.1 Å². The minimum Gasteiger partial charge on any atom is -0.480 e. The fraction of sp³-hybridized carbons (Fsp3) is 0.636. The number of carbonyl (C=O) groups excluding carboxylic acids is 1. The van der Waals surface area contributed by atoms with Crippen molar-refractivity contribution in [2.24, 2.45) is 5.92 Å². The topological polar surface area (TPSA) is 109 Å². The highest BCUT2D eigenvalue weighted by Crippen LogP contribution is 2.23. The summed E-state index contributed by atoms with van der Waals surface area (Å²) in [5.74, 6) is -0.237. The van der Waals surface area contributed by atoms with Crippen LogP contribution < -0.4 is 5.32 Å². The van der Waals surface area contributed by atoms with Crippen LogP contribution in [0, 0.1) is 12.8 Å². The van der Waals surface area contributed by atoms with E-state index in [9.17, 15) is 9.59 Å². The molecule has 8 heteroatoms. The SMILES string of the molecule is Cc1nc(CNC(=O)N2CCC(C)C2C(=O)O)no1. The van der Waals surface area contributed by atoms with Gasteiger partial charge >= 0.3 is 12.0 Å². The number of amides is 2. The number of nitrogens with zero attached hydrogens (tertiary/aromatic N) is 3. The second kappa shape index (κ2) is 5.25. The average Bonchev–Trinajstić information content (AvgIpc) is 2.92. The molecule has 0 saturated carbocycles. The Morgan fingerprint density at radius 2 is 2.32 bits per heavy atom. The van der Waals surface area contributed by atoms with E-state index < -0.39 is 18.0 Å². The quantitative estimate of drug-likeness (QED) is 0.820. The van der Waals surface area contributed by atoms with Crippen LogP contribution in [-0.2, 0) is 11.3 Å². The van der Waals surface area contributed by atoms with Gasteiger partial charge < -0.3 is 19.8 Å². The summed E-state index contributed by atoms with van der Waals surface area (Å²) >= 11 is 0. The standard InChI is InChI=1S/C11H16N4O4/c1-6-3-4-15(9(6)10(16)17)11(18)12-5-8-13-7(2)19-14-8/h6,9H,3-5H2,1-2H3,(H,12,18)(H,16,17). The second-order valence-electron chi connectivity index (χ2n) is 4.63. The van der Waals surface area contributed by atoms with E-state index >= 15 is 0 Å². The first kappa shape index (κ1) is 13.3. The molecule has 1 saturated heterocycles. The minimum atomic E-state index is -0.976. The van der Waals surface area contributed by atoms with Gasteiger partial charge in [0.05, 0.1) is 6.54 Å². The number of aryl methyl sites for hydroxylation is 1. The maximum absolute atomic E-state index is 12.0. The van der Waals surface area contributed by atoms with Crippen molar-refractivity contribution in [2.45, 2.75) is 32.9 Å². The number of rotatable bonds is 3. The number of carboxylic acids is 1. The molecule has 2 unspecified atom stereocenters. The molecule has 1 aliphatic rings. The molecule has 104 valence electrons. The van der Waals surface area contributed by atoms with Crippen molar-refractivity contribution in [1.82, 2.24) is 20.4 Å². The van der Waals surface area contributed by atoms with Crippen LogP contribution in [0.15, 0.2) is 4.52 Å². The Morgan fingerprint density at radius 3 is 2.89 bits per heavy atom. The predicted molar refractivity (Wildman–Crippen MR) is 63.2 cm³/mol. The van der Waals surface area contributed by atoms with Crippen molar-refractivity contribution < 1.29 is 19.2 Å². The monoisotopic (exact) mass is 268 g/mol. The van der Waals surface area contributed by atoms with E-state index in [1.165, 1.54) is 4.90 Å². The van der Waals surface area contributed by atoms with Crippen molar-refractivity contribution in [2.75, 3.05) is 6.54 Å². The summed E-state index contributed by atoms with van der Waals surface area (Å²) < 4.78 is 4.78. The number of aromatic nitrogens is 2. The molecule has 1 aromatic rings. The molecule has 0 bridgehead atoms. The first-order chi connectivity index (χ1) is 8.99. The lowest BCUT2D eigenvalue weighted by Gasteiger charge is -2.23. The molecular weight excluding hydrogens is 252 g/mol. The molecule has 0 aliphatic carbocycles. The van der Waals surface area contributed by atoms with Crippen LogP contribution in [0.5, 0.6) is 0 Å². The summed E-state index contributed by atoms with van der Waals surface area (Å²) in [5, 5.41) is 15.4. The zero-order valence-electron chi connectivity index (χ0n) is 10.8. The van der Waals surface area contributed by atoms with E-state index in [4.69, 9.17) is 9.63 Å². The molecule has 2 heterocycles. The minimum absolute atomic E-state index is 0.0457. The third kappa shape index (κ3) is 2.83. The van der Waals surface area contributed by atoms with Crippen LogP contribution in [0.25, 0.3) is 0 Å². The fourth-order valence-electron chi connectivity index (χ4n) is 2.22. The van der Waals surface area contributed by atoms with Crippen LogP contribution >= 0.6 is 0 Å². The molecule has 2 atom stereocenters. The van der Waals surface area contributed by atoms with Crippen LogP contribution in [-0.4, -0.2) is 44.7 Å². The highest BCUT2D eigenvalue weighted by atomic mass is 16.5. The largest absolute Gasteiger partial charge is 0.480 e. The van der Waals surface area contributed by atoms with Crippen molar-refractivity contribution in [3.8, 4) is 0 Å². The first-order valence-electron chi connectivity index (χ1n) is 6.05. The Labute approximate surface area is 109 Å². The molecule has 19 heavy (non-hydrogen) atoms. The van der Waals surface area contributed by atoms with Crippen LogP contribution in [0.3, 0.4) is 0 Å². The lowest BCUT2D eigenvalue weighted by atomic mass is 10.0. The Kier molecular flexibility index (Phi) is 3.68. The molecule has 2 rings (SSSR count). The van der Waals surface area contributed by atoms with Crippen molar-refractivity contribution in [1.29, 1.82) is 0 Å². The summed E-state index contributed by atoms with van der Waals surface area (Å²) in [7, 11) is 0. The summed E-state index contributed by atoms with van der Waals surface area (Å²) in [4.78, 5) is 28.4. The van der Waals surface area contributed by atoms with Gasteiger partial charge in [-0.1, -0.05) is 12.1 Å². The Bertz CT molecular complexity index is 487. The van der Waals surface area contributed by atoms with Crippen molar-refractivity contribution in [3.63, 3.8) is 0 Å². The van der Waals surface area contributed by atoms with Gasteiger partial charge in [0.1, 0.15) is 6.04 Å². The zero-order chi connectivity index (χ0) is 14.0. The third-order valence-electron chi connectivity index (χ3n) is 3.18. The molecule has 1 fully saturated rings. The fourth-order valence-corrected chi connectivity index (χ4v) is 2.22. The molecule has 0 spiro atoms. The Morgan fingerprint density at radius 1 is 1.58 bits per heavy atom. The van der Waals surface area contributed by atoms with E-state index in [0.717, 1.165) is 0 Å². The number of nitrogens with one attached hydrogen (secondary N) is 1. The summed E-state index contributed by atoms with van der Waals surface area (Å²) in [6.07, 6.45) is 0.686. The molecule has 1 aliphatic heterocycles. The van der Waals surface area contributed by atoms with Crippen molar-refractivity contribution in [3.05, 3.63) is 11.7 Å². The van der Waals surface area contributed by atoms with Crippen LogP contribution in [0.2, 0.25) is 0 Å². The molecule has 2 N–H and O–H groups in total. The van der Waals surface area contributed by atoms with E-state index in [-0.39, 0.29) is 12.5 Å². The summed E-state index contributed by atoms with van der Waals surface area (Å²) in [6, 6.07) is -1.19. The Hall–Kier alpha value is -2.12. The van der Waals surface area contributed by atoms with Gasteiger partial charge in [-0.15, -0.1) is 0 Å². The molecule has 2 amide bonds. The molecular formula is C11H16N4O4. The lowest BCUT2D eigenvalue weighted by Crippen LogP contribution is -2.47. The number of urea groups is 1. The number of carboxylic acid groups (broad SMARTS) is 1. The summed E-state index contributed by atoms with van der Waals surface area (Å²) in [5.41, 5.74) is 0. The predicted octanol–water partition coefficient (Wildman–Crippen LogP) is 0.383. The normalized spacial score (nSPS) is 22.5. The van der Waals surface area contributed by atoms with E-state index in [1.807, 2.05) is 6.92 Å². The number of likely N-dealkylation sites (tertiary alicyclic amines) is 1. The van der Waals surface area contributed by atoms with Crippen molar-refractivity contribution >= 4 is 12.0 Å². The van der Waals surface area contributed by atoms with Gasteiger partial charge in [0.15, 0.2) is 5.82 Å². The van der Waals surface area contributed by atoms with Gasteiger partial charge in [-0.3, -0.25) is 0 Å². The van der Waals surface area contributed by atoms with Crippen LogP contribution in [0.4, 0.5) is 4.79 Å². The molecule has 1 aromatic heterocycles. The van der Waals surface area contributed by atoms with E-state index in [2.05, 4.69) is 15.5 Å². The van der Waals surface area contributed by atoms with Gasteiger partial charge in [-0.25, -0.2) is 9.59 Å². The number of hydrogen-bond donors (Lipinski definition) is 2. The highest BCUT2D eigenvalue weighted by molar-refractivity contribution is 5.83.